The van der Waals surface area contributed by atoms with Crippen LogP contribution in [0.1, 0.15) is 29.8 Å². The lowest BCUT2D eigenvalue weighted by Gasteiger charge is -2.05. The lowest BCUT2D eigenvalue weighted by atomic mass is 10.0. The highest BCUT2D eigenvalue weighted by Crippen LogP contribution is 2.21. The van der Waals surface area contributed by atoms with Gasteiger partial charge in [-0.3, -0.25) is 0 Å². The first kappa shape index (κ1) is 16.0. The van der Waals surface area contributed by atoms with E-state index in [0.717, 1.165) is 23.4 Å². The number of benzene rings is 2. The van der Waals surface area contributed by atoms with E-state index in [4.69, 9.17) is 5.11 Å². The Hall–Kier alpha value is -2.88. The molecule has 3 aromatic rings. The number of hydrogen-bond acceptors (Lipinski definition) is 2. The van der Waals surface area contributed by atoms with E-state index in [-0.39, 0.29) is 5.56 Å². The zero-order valence-electron chi connectivity index (χ0n) is 13.8. The van der Waals surface area contributed by atoms with Crippen LogP contribution in [-0.2, 0) is 6.42 Å². The summed E-state index contributed by atoms with van der Waals surface area (Å²) in [6, 6.07) is 15.3. The third-order valence-electron chi connectivity index (χ3n) is 3.87. The standard InChI is InChI=1S/C20H20N2O2/c1-14(2)10-15-6-8-16(9-7-15)19-12-22(13-21-19)18-5-3-4-17(11-18)20(23)24/h3-9,11-14H,10H2,1-2H3,(H,23,24). The van der Waals surface area contributed by atoms with Crippen LogP contribution in [0.5, 0.6) is 0 Å². The molecule has 0 saturated heterocycles. The predicted molar refractivity (Wildman–Crippen MR) is 94.5 cm³/mol. The first-order valence-corrected chi connectivity index (χ1v) is 8.00. The van der Waals surface area contributed by atoms with Crippen molar-refractivity contribution in [1.29, 1.82) is 0 Å². The molecular weight excluding hydrogens is 300 g/mol. The average molecular weight is 320 g/mol. The number of carboxylic acids is 1. The molecule has 0 unspecified atom stereocenters. The van der Waals surface area contributed by atoms with Gasteiger partial charge >= 0.3 is 5.97 Å². The van der Waals surface area contributed by atoms with Crippen LogP contribution in [0.4, 0.5) is 0 Å². The number of carboxylic acid groups (broad SMARTS) is 1. The van der Waals surface area contributed by atoms with E-state index < -0.39 is 5.97 Å². The van der Waals surface area contributed by atoms with Gasteiger partial charge in [-0.15, -0.1) is 0 Å². The lowest BCUT2D eigenvalue weighted by molar-refractivity contribution is 0.0697. The molecule has 2 aromatic carbocycles. The van der Waals surface area contributed by atoms with Crippen molar-refractivity contribution in [2.45, 2.75) is 20.3 Å². The van der Waals surface area contributed by atoms with Crippen LogP contribution in [0.2, 0.25) is 0 Å². The number of aromatic nitrogens is 2. The molecule has 4 heteroatoms. The van der Waals surface area contributed by atoms with Crippen molar-refractivity contribution in [3.63, 3.8) is 0 Å². The summed E-state index contributed by atoms with van der Waals surface area (Å²) in [5.41, 5.74) is 4.29. The quantitative estimate of drug-likeness (QED) is 0.756. The number of imidazole rings is 1. The van der Waals surface area contributed by atoms with Gasteiger partial charge in [-0.1, -0.05) is 44.2 Å². The van der Waals surface area contributed by atoms with Gasteiger partial charge in [0.2, 0.25) is 0 Å². The summed E-state index contributed by atoms with van der Waals surface area (Å²) >= 11 is 0. The lowest BCUT2D eigenvalue weighted by Crippen LogP contribution is -1.98. The highest BCUT2D eigenvalue weighted by atomic mass is 16.4. The Morgan fingerprint density at radius 2 is 1.92 bits per heavy atom. The average Bonchev–Trinajstić information content (AvgIpc) is 3.05. The van der Waals surface area contributed by atoms with Crippen LogP contribution in [-0.4, -0.2) is 20.6 Å². The fourth-order valence-electron chi connectivity index (χ4n) is 2.70. The van der Waals surface area contributed by atoms with Crippen molar-refractivity contribution in [2.24, 2.45) is 5.92 Å². The maximum Gasteiger partial charge on any atom is 0.335 e. The van der Waals surface area contributed by atoms with Crippen LogP contribution in [0.3, 0.4) is 0 Å². The molecule has 0 fully saturated rings. The van der Waals surface area contributed by atoms with Gasteiger partial charge in [0, 0.05) is 17.4 Å². The van der Waals surface area contributed by atoms with Crippen molar-refractivity contribution in [3.8, 4) is 16.9 Å². The molecule has 24 heavy (non-hydrogen) atoms. The second kappa shape index (κ2) is 6.71. The second-order valence-electron chi connectivity index (χ2n) is 6.32. The summed E-state index contributed by atoms with van der Waals surface area (Å²) in [7, 11) is 0. The fraction of sp³-hybridized carbons (Fsp3) is 0.200. The summed E-state index contributed by atoms with van der Waals surface area (Å²) in [6.07, 6.45) is 4.69. The maximum absolute atomic E-state index is 11.1. The molecule has 0 spiro atoms. The van der Waals surface area contributed by atoms with E-state index >= 15 is 0 Å². The predicted octanol–water partition coefficient (Wildman–Crippen LogP) is 4.44. The third-order valence-corrected chi connectivity index (χ3v) is 3.87. The van der Waals surface area contributed by atoms with E-state index in [0.29, 0.717) is 5.92 Å². The van der Waals surface area contributed by atoms with E-state index in [1.807, 2.05) is 16.8 Å². The van der Waals surface area contributed by atoms with E-state index in [2.05, 4.69) is 43.1 Å². The molecule has 0 aliphatic heterocycles. The summed E-state index contributed by atoms with van der Waals surface area (Å²) in [4.78, 5) is 15.5. The van der Waals surface area contributed by atoms with Crippen LogP contribution in [0, 0.1) is 5.92 Å². The first-order valence-electron chi connectivity index (χ1n) is 8.00. The topological polar surface area (TPSA) is 55.1 Å². The minimum Gasteiger partial charge on any atom is -0.478 e. The highest BCUT2D eigenvalue weighted by molar-refractivity contribution is 5.88. The Morgan fingerprint density at radius 1 is 1.17 bits per heavy atom. The first-order chi connectivity index (χ1) is 11.5. The van der Waals surface area contributed by atoms with Crippen molar-refractivity contribution >= 4 is 5.97 Å². The molecule has 0 atom stereocenters. The van der Waals surface area contributed by atoms with Crippen molar-refractivity contribution in [2.75, 3.05) is 0 Å². The van der Waals surface area contributed by atoms with Crippen LogP contribution < -0.4 is 0 Å². The molecule has 1 N–H and O–H groups in total. The maximum atomic E-state index is 11.1. The monoisotopic (exact) mass is 320 g/mol. The summed E-state index contributed by atoms with van der Waals surface area (Å²) in [5, 5.41) is 9.10. The molecule has 0 aliphatic rings. The smallest absolute Gasteiger partial charge is 0.335 e. The van der Waals surface area contributed by atoms with E-state index in [1.54, 1.807) is 24.5 Å². The Morgan fingerprint density at radius 3 is 2.58 bits per heavy atom. The molecular formula is C20H20N2O2. The van der Waals surface area contributed by atoms with Gasteiger partial charge in [0.05, 0.1) is 17.6 Å². The van der Waals surface area contributed by atoms with Gasteiger partial charge in [0.15, 0.2) is 0 Å². The summed E-state index contributed by atoms with van der Waals surface area (Å²) in [6.45, 7) is 4.42. The molecule has 1 heterocycles. The Bertz CT molecular complexity index is 848. The largest absolute Gasteiger partial charge is 0.478 e. The zero-order chi connectivity index (χ0) is 17.1. The molecule has 1 aromatic heterocycles. The molecule has 0 bridgehead atoms. The fourth-order valence-corrected chi connectivity index (χ4v) is 2.70. The molecule has 122 valence electrons. The Labute approximate surface area is 141 Å². The SMILES string of the molecule is CC(C)Cc1ccc(-c2cn(-c3cccc(C(=O)O)c3)cn2)cc1. The zero-order valence-corrected chi connectivity index (χ0v) is 13.8. The molecule has 4 nitrogen and oxygen atoms in total. The Kier molecular flexibility index (Phi) is 4.47. The van der Waals surface area contributed by atoms with Crippen LogP contribution >= 0.6 is 0 Å². The number of carbonyl (C=O) groups is 1. The number of nitrogens with zero attached hydrogens (tertiary/aromatic N) is 2. The highest BCUT2D eigenvalue weighted by Gasteiger charge is 2.07. The minimum atomic E-state index is -0.932. The van der Waals surface area contributed by atoms with Gasteiger partial charge in [-0.05, 0) is 36.1 Å². The molecule has 0 aliphatic carbocycles. The number of rotatable bonds is 5. The van der Waals surface area contributed by atoms with Crippen molar-refractivity contribution in [3.05, 3.63) is 72.2 Å². The van der Waals surface area contributed by atoms with E-state index in [1.165, 1.54) is 5.56 Å². The minimum absolute atomic E-state index is 0.265. The van der Waals surface area contributed by atoms with E-state index in [9.17, 15) is 4.79 Å². The van der Waals surface area contributed by atoms with Gasteiger partial charge in [0.25, 0.3) is 0 Å². The molecule has 0 radical (unpaired) electrons. The van der Waals surface area contributed by atoms with Crippen molar-refractivity contribution < 1.29 is 9.90 Å². The second-order valence-corrected chi connectivity index (χ2v) is 6.32. The number of aromatic carboxylic acids is 1. The summed E-state index contributed by atoms with van der Waals surface area (Å²) < 4.78 is 1.84. The molecule has 3 rings (SSSR count). The molecule has 0 amide bonds. The van der Waals surface area contributed by atoms with Gasteiger partial charge in [-0.2, -0.15) is 0 Å². The van der Waals surface area contributed by atoms with Gasteiger partial charge in [-0.25, -0.2) is 9.78 Å². The van der Waals surface area contributed by atoms with Gasteiger partial charge in [0.1, 0.15) is 0 Å². The van der Waals surface area contributed by atoms with Gasteiger partial charge < -0.3 is 9.67 Å². The van der Waals surface area contributed by atoms with Crippen LogP contribution in [0.15, 0.2) is 61.1 Å². The van der Waals surface area contributed by atoms with Crippen LogP contribution in [0.25, 0.3) is 16.9 Å². The van der Waals surface area contributed by atoms with Crippen molar-refractivity contribution in [1.82, 2.24) is 9.55 Å². The number of hydrogen-bond donors (Lipinski definition) is 1. The Balaban J connectivity index is 1.85. The summed E-state index contributed by atoms with van der Waals surface area (Å²) in [5.74, 6) is -0.297. The normalized spacial score (nSPS) is 11.0. The third kappa shape index (κ3) is 3.54. The molecule has 0 saturated carbocycles.